The maximum Gasteiger partial charge on any atom is 0.331 e. The summed E-state index contributed by atoms with van der Waals surface area (Å²) in [5, 5.41) is 22.7. The highest BCUT2D eigenvalue weighted by Gasteiger charge is 2.55. The number of nitrogens with zero attached hydrogens (tertiary/aromatic N) is 3. The van der Waals surface area contributed by atoms with Crippen LogP contribution in [0.1, 0.15) is 32.1 Å². The number of carbonyl (C=O) groups excluding carboxylic acids is 2. The number of ether oxygens (including phenoxy) is 1. The molecule has 1 amide bonds. The molecule has 3 aliphatic rings. The Morgan fingerprint density at radius 1 is 1.28 bits per heavy atom. The molecule has 2 atom stereocenters. The molecule has 0 radical (unpaired) electrons. The number of aromatic nitrogens is 3. The standard InChI is InChI=1S/C22H29N5O5/c28-9-16(20(31)32-12-21(11-29)3-4-21)26-19(30)15-2-8-27(10-22(15)5-6-22)18-14-1-7-23-17(14)24-13-25-18/h1,7,13,15-16,28-29H,2-6,8-12H2,(H,26,30)(H,23,24,25)/t15-,16-/m1/s1. The largest absolute Gasteiger partial charge is 0.463 e. The van der Waals surface area contributed by atoms with Crippen LogP contribution in [0, 0.1) is 16.7 Å². The van der Waals surface area contributed by atoms with Crippen LogP contribution in [0.25, 0.3) is 11.0 Å². The number of esters is 1. The molecule has 4 N–H and O–H groups in total. The van der Waals surface area contributed by atoms with E-state index < -0.39 is 18.6 Å². The number of fused-ring (bicyclic) bond motifs is 1. The summed E-state index contributed by atoms with van der Waals surface area (Å²) in [6, 6.07) is 0.871. The minimum Gasteiger partial charge on any atom is -0.463 e. The van der Waals surface area contributed by atoms with E-state index in [1.165, 1.54) is 0 Å². The molecule has 2 saturated carbocycles. The number of H-pyrrole nitrogens is 1. The number of carbonyl (C=O) groups is 2. The van der Waals surface area contributed by atoms with Gasteiger partial charge in [0, 0.05) is 30.6 Å². The molecule has 3 fully saturated rings. The van der Waals surface area contributed by atoms with Gasteiger partial charge < -0.3 is 30.2 Å². The second-order valence-electron chi connectivity index (χ2n) is 9.57. The summed E-state index contributed by atoms with van der Waals surface area (Å²) in [5.74, 6) is -0.220. The Bertz CT molecular complexity index is 1020. The molecule has 0 unspecified atom stereocenters. The van der Waals surface area contributed by atoms with Crippen LogP contribution in [-0.2, 0) is 14.3 Å². The van der Waals surface area contributed by atoms with E-state index in [1.54, 1.807) is 6.33 Å². The number of anilines is 1. The van der Waals surface area contributed by atoms with Gasteiger partial charge in [-0.25, -0.2) is 14.8 Å². The van der Waals surface area contributed by atoms with Crippen molar-refractivity contribution >= 4 is 28.7 Å². The van der Waals surface area contributed by atoms with Crippen LogP contribution in [0.2, 0.25) is 0 Å². The van der Waals surface area contributed by atoms with Crippen LogP contribution >= 0.6 is 0 Å². The van der Waals surface area contributed by atoms with Crippen LogP contribution < -0.4 is 10.2 Å². The summed E-state index contributed by atoms with van der Waals surface area (Å²) in [4.78, 5) is 39.5. The molecule has 0 bridgehead atoms. The number of amides is 1. The monoisotopic (exact) mass is 443 g/mol. The van der Waals surface area contributed by atoms with Crippen LogP contribution in [0.3, 0.4) is 0 Å². The van der Waals surface area contributed by atoms with Crippen LogP contribution in [0.5, 0.6) is 0 Å². The molecule has 2 aliphatic carbocycles. The van der Waals surface area contributed by atoms with E-state index in [2.05, 4.69) is 25.2 Å². The summed E-state index contributed by atoms with van der Waals surface area (Å²) in [6.07, 6.45) is 7.54. The molecule has 10 heteroatoms. The highest BCUT2D eigenvalue weighted by Crippen LogP contribution is 2.56. The van der Waals surface area contributed by atoms with Gasteiger partial charge in [0.15, 0.2) is 6.04 Å². The highest BCUT2D eigenvalue weighted by atomic mass is 16.5. The van der Waals surface area contributed by atoms with Crippen molar-refractivity contribution in [1.82, 2.24) is 20.3 Å². The van der Waals surface area contributed by atoms with Gasteiger partial charge in [-0.05, 0) is 43.6 Å². The first-order valence-electron chi connectivity index (χ1n) is 11.2. The lowest BCUT2D eigenvalue weighted by Crippen LogP contribution is -2.52. The van der Waals surface area contributed by atoms with Crippen LogP contribution in [-0.4, -0.2) is 76.0 Å². The molecule has 1 saturated heterocycles. The van der Waals surface area contributed by atoms with Crippen molar-refractivity contribution in [3.8, 4) is 0 Å². The number of rotatable bonds is 8. The van der Waals surface area contributed by atoms with E-state index in [0.29, 0.717) is 13.0 Å². The third-order valence-corrected chi connectivity index (χ3v) is 7.37. The van der Waals surface area contributed by atoms with Gasteiger partial charge in [0.25, 0.3) is 0 Å². The van der Waals surface area contributed by atoms with E-state index in [1.807, 2.05) is 12.3 Å². The molecule has 2 aromatic rings. The van der Waals surface area contributed by atoms with E-state index >= 15 is 0 Å². The van der Waals surface area contributed by atoms with Crippen molar-refractivity contribution in [3.05, 3.63) is 18.6 Å². The third-order valence-electron chi connectivity index (χ3n) is 7.37. The molecule has 32 heavy (non-hydrogen) atoms. The molecule has 172 valence electrons. The highest BCUT2D eigenvalue weighted by molar-refractivity contribution is 5.89. The first-order chi connectivity index (χ1) is 15.5. The second kappa shape index (κ2) is 8.00. The lowest BCUT2D eigenvalue weighted by molar-refractivity contribution is -0.152. The average Bonchev–Trinajstić information content (AvgIpc) is 3.72. The lowest BCUT2D eigenvalue weighted by atomic mass is 9.81. The molecule has 3 heterocycles. The van der Waals surface area contributed by atoms with Crippen molar-refractivity contribution in [3.63, 3.8) is 0 Å². The van der Waals surface area contributed by atoms with Gasteiger partial charge in [-0.3, -0.25) is 4.79 Å². The number of aliphatic hydroxyl groups is 2. The smallest absolute Gasteiger partial charge is 0.331 e. The van der Waals surface area contributed by atoms with Gasteiger partial charge in [-0.2, -0.15) is 0 Å². The number of aliphatic hydroxyl groups excluding tert-OH is 2. The fraction of sp³-hybridized carbons (Fsp3) is 0.636. The maximum absolute atomic E-state index is 13.1. The fourth-order valence-electron chi connectivity index (χ4n) is 4.83. The molecule has 2 aromatic heterocycles. The number of nitrogens with one attached hydrogen (secondary N) is 2. The van der Waals surface area contributed by atoms with E-state index in [0.717, 1.165) is 49.1 Å². The Labute approximate surface area is 185 Å². The van der Waals surface area contributed by atoms with E-state index in [-0.39, 0.29) is 35.9 Å². The quantitative estimate of drug-likeness (QED) is 0.429. The summed E-state index contributed by atoms with van der Waals surface area (Å²) in [5.41, 5.74) is 0.309. The van der Waals surface area contributed by atoms with Gasteiger partial charge in [0.05, 0.1) is 25.2 Å². The first-order valence-corrected chi connectivity index (χ1v) is 11.2. The SMILES string of the molecule is O=C(N[C@H](CO)C(=O)OCC1(CO)CC1)[C@H]1CCN(c2ncnc3[nH]ccc23)CC12CC2. The van der Waals surface area contributed by atoms with Crippen LogP contribution in [0.15, 0.2) is 18.6 Å². The number of hydrogen-bond donors (Lipinski definition) is 4. The maximum atomic E-state index is 13.1. The van der Waals surface area contributed by atoms with Crippen molar-refractivity contribution in [2.75, 3.05) is 37.8 Å². The average molecular weight is 444 g/mol. The molecular formula is C22H29N5O5. The van der Waals surface area contributed by atoms with Crippen LogP contribution in [0.4, 0.5) is 5.82 Å². The zero-order chi connectivity index (χ0) is 22.3. The lowest BCUT2D eigenvalue weighted by Gasteiger charge is -2.39. The number of aromatic amines is 1. The molecule has 1 aliphatic heterocycles. The van der Waals surface area contributed by atoms with Gasteiger partial charge in [0.2, 0.25) is 5.91 Å². The summed E-state index contributed by atoms with van der Waals surface area (Å²) >= 11 is 0. The van der Waals surface area contributed by atoms with E-state index in [4.69, 9.17) is 4.74 Å². The summed E-state index contributed by atoms with van der Waals surface area (Å²) in [7, 11) is 0. The summed E-state index contributed by atoms with van der Waals surface area (Å²) < 4.78 is 5.28. The van der Waals surface area contributed by atoms with Gasteiger partial charge in [0.1, 0.15) is 17.8 Å². The van der Waals surface area contributed by atoms with Crippen molar-refractivity contribution < 1.29 is 24.5 Å². The van der Waals surface area contributed by atoms with Crippen molar-refractivity contribution in [2.24, 2.45) is 16.7 Å². The predicted molar refractivity (Wildman–Crippen MR) is 115 cm³/mol. The Morgan fingerprint density at radius 3 is 2.78 bits per heavy atom. The minimum atomic E-state index is -1.09. The Morgan fingerprint density at radius 2 is 2.09 bits per heavy atom. The molecule has 10 nitrogen and oxygen atoms in total. The van der Waals surface area contributed by atoms with E-state index in [9.17, 15) is 19.8 Å². The third kappa shape index (κ3) is 3.81. The predicted octanol–water partition coefficient (Wildman–Crippen LogP) is 0.357. The Kier molecular flexibility index (Phi) is 5.29. The number of hydrogen-bond acceptors (Lipinski definition) is 8. The zero-order valence-electron chi connectivity index (χ0n) is 17.9. The minimum absolute atomic E-state index is 0.0288. The van der Waals surface area contributed by atoms with Gasteiger partial charge in [-0.1, -0.05) is 0 Å². The first kappa shape index (κ1) is 21.1. The molecule has 0 aromatic carbocycles. The Hall–Kier alpha value is -2.72. The topological polar surface area (TPSA) is 141 Å². The normalized spacial score (nSPS) is 23.7. The molecule has 1 spiro atoms. The Balaban J connectivity index is 1.22. The zero-order valence-corrected chi connectivity index (χ0v) is 17.9. The molecule has 5 rings (SSSR count). The van der Waals surface area contributed by atoms with Gasteiger partial charge >= 0.3 is 5.97 Å². The fourth-order valence-corrected chi connectivity index (χ4v) is 4.83. The van der Waals surface area contributed by atoms with Crippen molar-refractivity contribution in [2.45, 2.75) is 38.1 Å². The molecular weight excluding hydrogens is 414 g/mol. The van der Waals surface area contributed by atoms with Gasteiger partial charge in [-0.15, -0.1) is 0 Å². The van der Waals surface area contributed by atoms with Crippen molar-refractivity contribution in [1.29, 1.82) is 0 Å². The number of piperidine rings is 1. The summed E-state index contributed by atoms with van der Waals surface area (Å²) in [6.45, 7) is 0.956. The second-order valence-corrected chi connectivity index (χ2v) is 9.57.